The first-order valence-corrected chi connectivity index (χ1v) is 11.1. The molecule has 3 aromatic rings. The van der Waals surface area contributed by atoms with E-state index < -0.39 is 0 Å². The van der Waals surface area contributed by atoms with Crippen LogP contribution in [-0.2, 0) is 6.42 Å². The summed E-state index contributed by atoms with van der Waals surface area (Å²) in [6, 6.07) is 15.8. The molecule has 1 aromatic heterocycles. The molecule has 31 heavy (non-hydrogen) atoms. The van der Waals surface area contributed by atoms with Gasteiger partial charge in [0.25, 0.3) is 0 Å². The number of urea groups is 1. The summed E-state index contributed by atoms with van der Waals surface area (Å²) < 4.78 is 9.83. The largest absolute Gasteiger partial charge is 0.497 e. The first-order valence-electron chi connectivity index (χ1n) is 10.4. The molecule has 2 aromatic carbocycles. The monoisotopic (exact) mass is 437 g/mol. The van der Waals surface area contributed by atoms with E-state index in [-0.39, 0.29) is 12.1 Å². The molecular formula is C23H27N5O2S. The number of piperazine rings is 1. The van der Waals surface area contributed by atoms with Crippen molar-refractivity contribution in [3.63, 3.8) is 0 Å². The first kappa shape index (κ1) is 21.1. The second-order valence-corrected chi connectivity index (χ2v) is 8.54. The SMILES string of the molecule is COc1cccc(Cc2nsc(N3CCN(C(=O)Nc4cccc(C)c4)C(C)C3)n2)c1. The van der Waals surface area contributed by atoms with E-state index >= 15 is 0 Å². The maximum Gasteiger partial charge on any atom is 0.322 e. The average molecular weight is 438 g/mol. The summed E-state index contributed by atoms with van der Waals surface area (Å²) >= 11 is 1.42. The molecule has 8 heteroatoms. The van der Waals surface area contributed by atoms with Crippen LogP contribution in [0.25, 0.3) is 0 Å². The van der Waals surface area contributed by atoms with Crippen molar-refractivity contribution in [2.24, 2.45) is 0 Å². The van der Waals surface area contributed by atoms with Crippen molar-refractivity contribution in [1.82, 2.24) is 14.3 Å². The Morgan fingerprint density at radius 2 is 2.06 bits per heavy atom. The van der Waals surface area contributed by atoms with Crippen molar-refractivity contribution < 1.29 is 9.53 Å². The number of hydrogen-bond donors (Lipinski definition) is 1. The zero-order valence-electron chi connectivity index (χ0n) is 18.0. The van der Waals surface area contributed by atoms with Crippen molar-refractivity contribution in [1.29, 1.82) is 0 Å². The molecule has 1 aliphatic heterocycles. The highest BCUT2D eigenvalue weighted by atomic mass is 32.1. The van der Waals surface area contributed by atoms with Gasteiger partial charge in [-0.3, -0.25) is 0 Å². The molecule has 0 saturated carbocycles. The van der Waals surface area contributed by atoms with E-state index in [9.17, 15) is 4.79 Å². The van der Waals surface area contributed by atoms with Gasteiger partial charge in [0.2, 0.25) is 5.13 Å². The molecule has 4 rings (SSSR count). The van der Waals surface area contributed by atoms with E-state index in [1.807, 2.05) is 54.3 Å². The third-order valence-corrected chi connectivity index (χ3v) is 6.20. The van der Waals surface area contributed by atoms with Crippen LogP contribution in [0.5, 0.6) is 5.75 Å². The number of methoxy groups -OCH3 is 1. The minimum atomic E-state index is -0.0614. The van der Waals surface area contributed by atoms with Gasteiger partial charge in [-0.15, -0.1) is 0 Å². The molecule has 0 spiro atoms. The summed E-state index contributed by atoms with van der Waals surface area (Å²) in [5.41, 5.74) is 3.07. The molecule has 0 aliphatic carbocycles. The fourth-order valence-corrected chi connectivity index (χ4v) is 4.48. The summed E-state index contributed by atoms with van der Waals surface area (Å²) in [5.74, 6) is 1.64. The molecule has 1 unspecified atom stereocenters. The van der Waals surface area contributed by atoms with Gasteiger partial charge in [-0.05, 0) is 49.2 Å². The van der Waals surface area contributed by atoms with Crippen LogP contribution in [0.4, 0.5) is 15.6 Å². The van der Waals surface area contributed by atoms with E-state index in [0.717, 1.165) is 46.6 Å². The zero-order valence-corrected chi connectivity index (χ0v) is 18.9. The van der Waals surface area contributed by atoms with Gasteiger partial charge >= 0.3 is 6.03 Å². The van der Waals surface area contributed by atoms with Gasteiger partial charge in [0, 0.05) is 49.3 Å². The maximum atomic E-state index is 12.8. The highest BCUT2D eigenvalue weighted by Crippen LogP contribution is 2.24. The second kappa shape index (κ2) is 9.34. The highest BCUT2D eigenvalue weighted by Gasteiger charge is 2.29. The summed E-state index contributed by atoms with van der Waals surface area (Å²) in [5, 5.41) is 3.92. The number of nitrogens with zero attached hydrogens (tertiary/aromatic N) is 4. The minimum absolute atomic E-state index is 0.0614. The van der Waals surface area contributed by atoms with Crippen LogP contribution >= 0.6 is 11.5 Å². The summed E-state index contributed by atoms with van der Waals surface area (Å²) in [6.07, 6.45) is 0.669. The number of aromatic nitrogens is 2. The molecule has 1 atom stereocenters. The van der Waals surface area contributed by atoms with Crippen LogP contribution in [0.15, 0.2) is 48.5 Å². The molecule has 162 valence electrons. The quantitative estimate of drug-likeness (QED) is 0.648. The number of hydrogen-bond acceptors (Lipinski definition) is 6. The van der Waals surface area contributed by atoms with Crippen LogP contribution in [-0.4, -0.2) is 53.1 Å². The summed E-state index contributed by atoms with van der Waals surface area (Å²) in [6.45, 7) is 6.19. The number of rotatable bonds is 5. The van der Waals surface area contributed by atoms with Gasteiger partial charge < -0.3 is 19.9 Å². The van der Waals surface area contributed by atoms with Crippen molar-refractivity contribution in [2.75, 3.05) is 37.0 Å². The van der Waals surface area contributed by atoms with Gasteiger partial charge in [-0.2, -0.15) is 4.37 Å². The van der Waals surface area contributed by atoms with Gasteiger partial charge in [0.05, 0.1) is 7.11 Å². The van der Waals surface area contributed by atoms with Gasteiger partial charge in [-0.1, -0.05) is 24.3 Å². The number of ether oxygens (including phenoxy) is 1. The van der Waals surface area contributed by atoms with E-state index in [1.165, 1.54) is 11.5 Å². The molecule has 0 bridgehead atoms. The normalized spacial score (nSPS) is 16.3. The molecular weight excluding hydrogens is 410 g/mol. The Balaban J connectivity index is 1.36. The number of amides is 2. The molecule has 7 nitrogen and oxygen atoms in total. The van der Waals surface area contributed by atoms with E-state index in [2.05, 4.69) is 27.6 Å². The average Bonchev–Trinajstić information content (AvgIpc) is 3.22. The third-order valence-electron chi connectivity index (χ3n) is 5.38. The summed E-state index contributed by atoms with van der Waals surface area (Å²) in [7, 11) is 1.67. The molecule has 0 radical (unpaired) electrons. The number of carbonyl (C=O) groups excluding carboxylic acids is 1. The van der Waals surface area contributed by atoms with Crippen molar-refractivity contribution in [3.8, 4) is 5.75 Å². The third kappa shape index (κ3) is 5.14. The van der Waals surface area contributed by atoms with Gasteiger partial charge in [0.1, 0.15) is 11.6 Å². The molecule has 1 aliphatic rings. The van der Waals surface area contributed by atoms with Crippen LogP contribution in [0, 0.1) is 6.92 Å². The first-order chi connectivity index (χ1) is 15.0. The lowest BCUT2D eigenvalue weighted by Gasteiger charge is -2.39. The Kier molecular flexibility index (Phi) is 6.36. The number of carbonyl (C=O) groups is 1. The van der Waals surface area contributed by atoms with E-state index in [1.54, 1.807) is 7.11 Å². The minimum Gasteiger partial charge on any atom is -0.497 e. The molecule has 2 heterocycles. The van der Waals surface area contributed by atoms with Crippen molar-refractivity contribution in [2.45, 2.75) is 26.3 Å². The van der Waals surface area contributed by atoms with Crippen LogP contribution in [0.3, 0.4) is 0 Å². The lowest BCUT2D eigenvalue weighted by atomic mass is 10.1. The van der Waals surface area contributed by atoms with E-state index in [4.69, 9.17) is 9.72 Å². The second-order valence-electron chi connectivity index (χ2n) is 7.81. The lowest BCUT2D eigenvalue weighted by Crippen LogP contribution is -2.55. The predicted octanol–water partition coefficient (Wildman–Crippen LogP) is 4.19. The Bertz CT molecular complexity index is 1050. The summed E-state index contributed by atoms with van der Waals surface area (Å²) in [4.78, 5) is 21.6. The maximum absolute atomic E-state index is 12.8. The molecule has 1 fully saturated rings. The Morgan fingerprint density at radius 1 is 1.23 bits per heavy atom. The van der Waals surface area contributed by atoms with Crippen molar-refractivity contribution >= 4 is 28.4 Å². The predicted molar refractivity (Wildman–Crippen MR) is 124 cm³/mol. The van der Waals surface area contributed by atoms with Crippen molar-refractivity contribution in [3.05, 3.63) is 65.5 Å². The molecule has 1 N–H and O–H groups in total. The Hall–Kier alpha value is -3.13. The van der Waals surface area contributed by atoms with Gasteiger partial charge in [0.15, 0.2) is 0 Å². The fourth-order valence-electron chi connectivity index (χ4n) is 3.76. The number of aryl methyl sites for hydroxylation is 1. The number of nitrogens with one attached hydrogen (secondary N) is 1. The van der Waals surface area contributed by atoms with E-state index in [0.29, 0.717) is 13.0 Å². The zero-order chi connectivity index (χ0) is 21.8. The van der Waals surface area contributed by atoms with Crippen LogP contribution in [0.1, 0.15) is 23.9 Å². The smallest absolute Gasteiger partial charge is 0.322 e. The van der Waals surface area contributed by atoms with Crippen LogP contribution < -0.4 is 15.0 Å². The number of benzene rings is 2. The number of anilines is 2. The topological polar surface area (TPSA) is 70.6 Å². The Labute approximate surface area is 186 Å². The Morgan fingerprint density at radius 3 is 2.84 bits per heavy atom. The van der Waals surface area contributed by atoms with Crippen LogP contribution in [0.2, 0.25) is 0 Å². The highest BCUT2D eigenvalue weighted by molar-refractivity contribution is 7.09. The molecule has 2 amide bonds. The van der Waals surface area contributed by atoms with Gasteiger partial charge in [-0.25, -0.2) is 9.78 Å². The fraction of sp³-hybridized carbons (Fsp3) is 0.348. The molecule has 1 saturated heterocycles. The lowest BCUT2D eigenvalue weighted by molar-refractivity contribution is 0.185. The standard InChI is InChI=1S/C23H27N5O2S/c1-16-6-4-8-19(12-16)24-22(29)28-11-10-27(15-17(28)2)23-25-21(26-31-23)14-18-7-5-9-20(13-18)30-3/h4-9,12-13,17H,10-11,14-15H2,1-3H3,(H,24,29).